The molecule has 0 radical (unpaired) electrons. The molecule has 0 aromatic heterocycles. The van der Waals surface area contributed by atoms with Crippen LogP contribution in [0.3, 0.4) is 0 Å². The smallest absolute Gasteiger partial charge is 0.228 e. The van der Waals surface area contributed by atoms with Crippen LogP contribution in [-0.2, 0) is 14.2 Å². The van der Waals surface area contributed by atoms with Crippen molar-refractivity contribution in [1.82, 2.24) is 0 Å². The highest BCUT2D eigenvalue weighted by Crippen LogP contribution is 2.28. The van der Waals surface area contributed by atoms with E-state index in [0.717, 1.165) is 0 Å². The molecule has 164 valence electrons. The molecule has 1 aromatic carbocycles. The second-order valence-electron chi connectivity index (χ2n) is 6.85. The molecule has 11 heteroatoms. The van der Waals surface area contributed by atoms with Crippen LogP contribution in [0.1, 0.15) is 0 Å². The van der Waals surface area contributed by atoms with E-state index in [4.69, 9.17) is 23.7 Å². The Balaban J connectivity index is 1.67. The Morgan fingerprint density at radius 2 is 1.55 bits per heavy atom. The first kappa shape index (κ1) is 22.2. The summed E-state index contributed by atoms with van der Waals surface area (Å²) in [5.41, 5.74) is 0. The zero-order valence-corrected chi connectivity index (χ0v) is 15.6. The standard InChI is InChI=1S/C18H26O11/c1-25-8-2-4-9(5-3-8)27-17-15(24)16(10(20)7-26-17)29-18-14(23)13(22)12(21)11(6-19)28-18/h2-5,10-24H,6-7H2,1H3/t10-,11+,12+,13-,14+,15-,16-,17-,18-/m1/s1. The van der Waals surface area contributed by atoms with Crippen LogP contribution in [-0.4, -0.2) is 106 Å². The number of ether oxygens (including phenoxy) is 5. The largest absolute Gasteiger partial charge is 0.497 e. The van der Waals surface area contributed by atoms with E-state index in [2.05, 4.69) is 0 Å². The first-order valence-corrected chi connectivity index (χ1v) is 9.10. The van der Waals surface area contributed by atoms with Gasteiger partial charge in [0.25, 0.3) is 0 Å². The van der Waals surface area contributed by atoms with Gasteiger partial charge in [-0.05, 0) is 24.3 Å². The van der Waals surface area contributed by atoms with Crippen LogP contribution < -0.4 is 9.47 Å². The van der Waals surface area contributed by atoms with Crippen molar-refractivity contribution >= 4 is 0 Å². The van der Waals surface area contributed by atoms with Crippen molar-refractivity contribution in [1.29, 1.82) is 0 Å². The van der Waals surface area contributed by atoms with Gasteiger partial charge in [0.15, 0.2) is 6.29 Å². The number of benzene rings is 1. The van der Waals surface area contributed by atoms with Gasteiger partial charge in [-0.2, -0.15) is 0 Å². The first-order chi connectivity index (χ1) is 13.8. The zero-order chi connectivity index (χ0) is 21.1. The van der Waals surface area contributed by atoms with E-state index in [1.807, 2.05) is 0 Å². The fraction of sp³-hybridized carbons (Fsp3) is 0.667. The molecular weight excluding hydrogens is 392 g/mol. The van der Waals surface area contributed by atoms with Crippen molar-refractivity contribution in [2.75, 3.05) is 20.3 Å². The van der Waals surface area contributed by atoms with Crippen molar-refractivity contribution in [2.24, 2.45) is 0 Å². The summed E-state index contributed by atoms with van der Waals surface area (Å²) < 4.78 is 26.7. The summed E-state index contributed by atoms with van der Waals surface area (Å²) in [4.78, 5) is 0. The Bertz CT molecular complexity index is 639. The molecule has 0 spiro atoms. The SMILES string of the molecule is COc1ccc(O[C@H]2OC[C@@H](O)[C@@H](O[C@H]3O[C@@H](CO)[C@H](O)[C@@H](O)[C@@H]3O)[C@H]2O)cc1. The van der Waals surface area contributed by atoms with Crippen LogP contribution in [0.25, 0.3) is 0 Å². The molecule has 2 heterocycles. The molecule has 3 rings (SSSR count). The second-order valence-corrected chi connectivity index (χ2v) is 6.85. The number of aliphatic hydroxyl groups is 6. The van der Waals surface area contributed by atoms with Crippen molar-refractivity contribution in [3.63, 3.8) is 0 Å². The van der Waals surface area contributed by atoms with E-state index in [-0.39, 0.29) is 6.61 Å². The molecule has 2 aliphatic heterocycles. The van der Waals surface area contributed by atoms with Crippen LogP contribution in [0.5, 0.6) is 11.5 Å². The molecule has 29 heavy (non-hydrogen) atoms. The number of rotatable bonds is 6. The summed E-state index contributed by atoms with van der Waals surface area (Å²) in [5, 5.41) is 59.8. The fourth-order valence-corrected chi connectivity index (χ4v) is 3.17. The van der Waals surface area contributed by atoms with E-state index in [1.54, 1.807) is 24.3 Å². The molecule has 2 saturated heterocycles. The average Bonchev–Trinajstić information content (AvgIpc) is 2.73. The molecular formula is C18H26O11. The van der Waals surface area contributed by atoms with Crippen molar-refractivity contribution in [2.45, 2.75) is 55.3 Å². The minimum Gasteiger partial charge on any atom is -0.497 e. The molecule has 2 fully saturated rings. The number of aliphatic hydroxyl groups excluding tert-OH is 6. The maximum absolute atomic E-state index is 10.6. The number of hydrogen-bond donors (Lipinski definition) is 6. The first-order valence-electron chi connectivity index (χ1n) is 9.10. The molecule has 0 saturated carbocycles. The lowest BCUT2D eigenvalue weighted by molar-refractivity contribution is -0.343. The third kappa shape index (κ3) is 4.79. The van der Waals surface area contributed by atoms with Gasteiger partial charge in [0.1, 0.15) is 54.2 Å². The summed E-state index contributed by atoms with van der Waals surface area (Å²) in [5.74, 6) is 0.986. The second kappa shape index (κ2) is 9.51. The normalized spacial score (nSPS) is 40.4. The van der Waals surface area contributed by atoms with E-state index in [9.17, 15) is 30.6 Å². The molecule has 0 amide bonds. The fourth-order valence-electron chi connectivity index (χ4n) is 3.17. The summed E-state index contributed by atoms with van der Waals surface area (Å²) in [6.07, 6.45) is -12.8. The molecule has 0 bridgehead atoms. The van der Waals surface area contributed by atoms with Gasteiger partial charge in [0.2, 0.25) is 6.29 Å². The maximum atomic E-state index is 10.6. The summed E-state index contributed by atoms with van der Waals surface area (Å²) in [6, 6.07) is 6.52. The van der Waals surface area contributed by atoms with Crippen LogP contribution >= 0.6 is 0 Å². The number of methoxy groups -OCH3 is 1. The summed E-state index contributed by atoms with van der Waals surface area (Å²) in [7, 11) is 1.52. The quantitative estimate of drug-likeness (QED) is 0.285. The van der Waals surface area contributed by atoms with Gasteiger partial charge < -0.3 is 54.3 Å². The predicted octanol–water partition coefficient (Wildman–Crippen LogP) is -2.66. The monoisotopic (exact) mass is 418 g/mol. The Hall–Kier alpha value is -1.54. The van der Waals surface area contributed by atoms with Gasteiger partial charge in [-0.15, -0.1) is 0 Å². The summed E-state index contributed by atoms with van der Waals surface area (Å²) >= 11 is 0. The van der Waals surface area contributed by atoms with E-state index >= 15 is 0 Å². The zero-order valence-electron chi connectivity index (χ0n) is 15.6. The van der Waals surface area contributed by atoms with Gasteiger partial charge in [-0.3, -0.25) is 0 Å². The van der Waals surface area contributed by atoms with Gasteiger partial charge in [-0.1, -0.05) is 0 Å². The van der Waals surface area contributed by atoms with Crippen molar-refractivity contribution < 1.29 is 54.3 Å². The minimum atomic E-state index is -1.67. The van der Waals surface area contributed by atoms with Gasteiger partial charge >= 0.3 is 0 Å². The number of hydrogen-bond acceptors (Lipinski definition) is 11. The van der Waals surface area contributed by atoms with Crippen LogP contribution in [0, 0.1) is 0 Å². The van der Waals surface area contributed by atoms with Crippen molar-refractivity contribution in [3.05, 3.63) is 24.3 Å². The molecule has 11 nitrogen and oxygen atoms in total. The highest BCUT2D eigenvalue weighted by molar-refractivity contribution is 5.31. The molecule has 0 aliphatic carbocycles. The molecule has 9 atom stereocenters. The Morgan fingerprint density at radius 3 is 2.17 bits per heavy atom. The van der Waals surface area contributed by atoms with Crippen LogP contribution in [0.4, 0.5) is 0 Å². The Kier molecular flexibility index (Phi) is 7.27. The molecule has 1 aromatic rings. The van der Waals surface area contributed by atoms with Crippen molar-refractivity contribution in [3.8, 4) is 11.5 Å². The molecule has 6 N–H and O–H groups in total. The Labute approximate surface area is 166 Å². The third-order valence-corrected chi connectivity index (χ3v) is 4.88. The third-order valence-electron chi connectivity index (χ3n) is 4.88. The highest BCUT2D eigenvalue weighted by Gasteiger charge is 2.48. The lowest BCUT2D eigenvalue weighted by Gasteiger charge is -2.44. The topological polar surface area (TPSA) is 168 Å². The van der Waals surface area contributed by atoms with Gasteiger partial charge in [0, 0.05) is 0 Å². The lowest BCUT2D eigenvalue weighted by Crippen LogP contribution is -2.63. The predicted molar refractivity (Wildman–Crippen MR) is 94.0 cm³/mol. The average molecular weight is 418 g/mol. The minimum absolute atomic E-state index is 0.236. The van der Waals surface area contributed by atoms with Gasteiger partial charge in [0.05, 0.1) is 20.3 Å². The maximum Gasteiger partial charge on any atom is 0.228 e. The van der Waals surface area contributed by atoms with Crippen LogP contribution in [0.2, 0.25) is 0 Å². The molecule has 0 unspecified atom stereocenters. The summed E-state index contributed by atoms with van der Waals surface area (Å²) in [6.45, 7) is -0.868. The lowest BCUT2D eigenvalue weighted by atomic mass is 9.98. The van der Waals surface area contributed by atoms with E-state index in [0.29, 0.717) is 11.5 Å². The van der Waals surface area contributed by atoms with E-state index < -0.39 is 61.9 Å². The van der Waals surface area contributed by atoms with E-state index in [1.165, 1.54) is 7.11 Å². The Morgan fingerprint density at radius 1 is 0.897 bits per heavy atom. The highest BCUT2D eigenvalue weighted by atomic mass is 16.7. The van der Waals surface area contributed by atoms with Crippen LogP contribution in [0.15, 0.2) is 24.3 Å². The molecule has 2 aliphatic rings. The van der Waals surface area contributed by atoms with Gasteiger partial charge in [-0.25, -0.2) is 0 Å².